The van der Waals surface area contributed by atoms with Gasteiger partial charge in [-0.05, 0) is 72.6 Å². The van der Waals surface area contributed by atoms with Gasteiger partial charge in [0, 0.05) is 28.9 Å². The third-order valence-electron chi connectivity index (χ3n) is 5.13. The first-order valence-corrected chi connectivity index (χ1v) is 11.0. The predicted octanol–water partition coefficient (Wildman–Crippen LogP) is 4.72. The molecule has 0 spiro atoms. The summed E-state index contributed by atoms with van der Waals surface area (Å²) in [5, 5.41) is 20.6. The van der Waals surface area contributed by atoms with Crippen molar-refractivity contribution in [3.8, 4) is 11.4 Å². The number of benzene rings is 3. The molecule has 3 N–H and O–H groups in total. The molecule has 170 valence electrons. The minimum atomic E-state index is -0.208. The smallest absolute Gasteiger partial charge is 0.255 e. The molecule has 0 fully saturated rings. The highest BCUT2D eigenvalue weighted by Crippen LogP contribution is 2.23. The van der Waals surface area contributed by atoms with E-state index in [2.05, 4.69) is 41.7 Å². The van der Waals surface area contributed by atoms with Crippen LogP contribution in [0.3, 0.4) is 0 Å². The fraction of sp³-hybridized carbons (Fsp3) is 0.231. The average molecular weight is 445 g/mol. The number of amides is 1. The van der Waals surface area contributed by atoms with E-state index in [1.54, 1.807) is 30.5 Å². The fourth-order valence-corrected chi connectivity index (χ4v) is 3.43. The van der Waals surface area contributed by atoms with Crippen molar-refractivity contribution in [3.05, 3.63) is 78.5 Å². The topological polar surface area (TPSA) is 88.4 Å². The molecule has 1 amide bonds. The molecule has 0 atom stereocenters. The number of ether oxygens (including phenoxy) is 1. The van der Waals surface area contributed by atoms with Crippen LogP contribution in [0.4, 0.5) is 11.4 Å². The van der Waals surface area contributed by atoms with Gasteiger partial charge in [0.1, 0.15) is 12.4 Å². The molecule has 0 saturated carbocycles. The lowest BCUT2D eigenvalue weighted by Crippen LogP contribution is -2.11. The molecule has 33 heavy (non-hydrogen) atoms. The zero-order valence-corrected chi connectivity index (χ0v) is 18.8. The van der Waals surface area contributed by atoms with Crippen LogP contribution >= 0.6 is 0 Å². The van der Waals surface area contributed by atoms with E-state index in [9.17, 15) is 4.79 Å². The zero-order chi connectivity index (χ0) is 23.2. The molecule has 3 aromatic carbocycles. The monoisotopic (exact) mass is 444 g/mol. The highest BCUT2D eigenvalue weighted by Gasteiger charge is 2.10. The van der Waals surface area contributed by atoms with Crippen molar-refractivity contribution in [2.24, 2.45) is 5.92 Å². The third kappa shape index (κ3) is 5.51. The molecular weight excluding hydrogens is 416 g/mol. The molecule has 0 aliphatic carbocycles. The minimum absolute atomic E-state index is 0.0535. The van der Waals surface area contributed by atoms with Gasteiger partial charge in [-0.1, -0.05) is 13.8 Å². The van der Waals surface area contributed by atoms with Gasteiger partial charge in [-0.3, -0.25) is 4.79 Å². The zero-order valence-electron chi connectivity index (χ0n) is 18.8. The summed E-state index contributed by atoms with van der Waals surface area (Å²) in [6.45, 7) is 5.46. The first-order chi connectivity index (χ1) is 16.0. The number of rotatable bonds is 9. The fourth-order valence-electron chi connectivity index (χ4n) is 3.43. The summed E-state index contributed by atoms with van der Waals surface area (Å²) in [4.78, 5) is 12.6. The number of hydrogen-bond acceptors (Lipinski definition) is 5. The lowest BCUT2D eigenvalue weighted by Gasteiger charge is -2.10. The van der Waals surface area contributed by atoms with Crippen molar-refractivity contribution in [2.45, 2.75) is 13.8 Å². The lowest BCUT2D eigenvalue weighted by atomic mass is 10.2. The number of nitrogens with one attached hydrogen (secondary N) is 2. The van der Waals surface area contributed by atoms with Crippen LogP contribution < -0.4 is 15.4 Å². The number of carbonyl (C=O) groups is 1. The quantitative estimate of drug-likeness (QED) is 0.348. The van der Waals surface area contributed by atoms with E-state index in [4.69, 9.17) is 9.84 Å². The van der Waals surface area contributed by atoms with E-state index < -0.39 is 0 Å². The van der Waals surface area contributed by atoms with Crippen molar-refractivity contribution in [1.29, 1.82) is 0 Å². The van der Waals surface area contributed by atoms with Crippen LogP contribution in [-0.2, 0) is 0 Å². The molecule has 0 bridgehead atoms. The first-order valence-electron chi connectivity index (χ1n) is 11.0. The van der Waals surface area contributed by atoms with Gasteiger partial charge in [-0.25, -0.2) is 4.68 Å². The van der Waals surface area contributed by atoms with Crippen LogP contribution in [-0.4, -0.2) is 40.6 Å². The summed E-state index contributed by atoms with van der Waals surface area (Å²) in [6, 6.07) is 20.7. The van der Waals surface area contributed by atoms with E-state index in [0.717, 1.165) is 28.8 Å². The Kier molecular flexibility index (Phi) is 6.90. The van der Waals surface area contributed by atoms with Gasteiger partial charge in [0.15, 0.2) is 0 Å². The van der Waals surface area contributed by atoms with Crippen molar-refractivity contribution >= 4 is 28.2 Å². The standard InChI is InChI=1S/C26H28N4O3/c1-18(2)16-27-21-5-8-23(9-6-21)30-25-12-7-22(15-20(25)17-28-30)29-26(32)19-3-10-24(11-4-19)33-14-13-31/h3-12,15,17-18,27,31H,13-14,16H2,1-2H3,(H,29,32). The van der Waals surface area contributed by atoms with Crippen LogP contribution in [0.2, 0.25) is 0 Å². The van der Waals surface area contributed by atoms with Crippen LogP contribution in [0.15, 0.2) is 72.9 Å². The molecule has 1 aromatic heterocycles. The van der Waals surface area contributed by atoms with Crippen molar-refractivity contribution in [2.75, 3.05) is 30.4 Å². The van der Waals surface area contributed by atoms with E-state index in [1.807, 2.05) is 35.0 Å². The summed E-state index contributed by atoms with van der Waals surface area (Å²) >= 11 is 0. The van der Waals surface area contributed by atoms with Crippen molar-refractivity contribution < 1.29 is 14.6 Å². The maximum absolute atomic E-state index is 12.6. The second kappa shape index (κ2) is 10.2. The number of fused-ring (bicyclic) bond motifs is 1. The SMILES string of the molecule is CC(C)CNc1ccc(-n2ncc3cc(NC(=O)c4ccc(OCCO)cc4)ccc32)cc1. The second-order valence-corrected chi connectivity index (χ2v) is 8.20. The highest BCUT2D eigenvalue weighted by atomic mass is 16.5. The number of anilines is 2. The van der Waals surface area contributed by atoms with Crippen LogP contribution in [0.5, 0.6) is 5.75 Å². The van der Waals surface area contributed by atoms with E-state index >= 15 is 0 Å². The van der Waals surface area contributed by atoms with Crippen LogP contribution in [0.25, 0.3) is 16.6 Å². The van der Waals surface area contributed by atoms with Crippen molar-refractivity contribution in [3.63, 3.8) is 0 Å². The Morgan fingerprint density at radius 2 is 1.76 bits per heavy atom. The molecule has 7 nitrogen and oxygen atoms in total. The van der Waals surface area contributed by atoms with E-state index in [-0.39, 0.29) is 19.1 Å². The molecule has 4 aromatic rings. The number of aliphatic hydroxyl groups excluding tert-OH is 1. The first kappa shape index (κ1) is 22.4. The molecule has 0 aliphatic rings. The molecule has 0 saturated heterocycles. The summed E-state index contributed by atoms with van der Waals surface area (Å²) in [5.41, 5.74) is 4.23. The number of hydrogen-bond donors (Lipinski definition) is 3. The number of aliphatic hydroxyl groups is 1. The Balaban J connectivity index is 1.46. The Labute approximate surface area is 193 Å². The van der Waals surface area contributed by atoms with Gasteiger partial charge in [0.2, 0.25) is 0 Å². The van der Waals surface area contributed by atoms with Crippen LogP contribution in [0, 0.1) is 5.92 Å². The molecule has 1 heterocycles. The highest BCUT2D eigenvalue weighted by molar-refractivity contribution is 6.05. The Bertz CT molecular complexity index is 1210. The molecular formula is C26H28N4O3. The Hall–Kier alpha value is -3.84. The number of nitrogens with zero attached hydrogens (tertiary/aromatic N) is 2. The predicted molar refractivity (Wildman–Crippen MR) is 131 cm³/mol. The summed E-state index contributed by atoms with van der Waals surface area (Å²) in [6.07, 6.45) is 1.79. The van der Waals surface area contributed by atoms with Crippen LogP contribution in [0.1, 0.15) is 24.2 Å². The molecule has 4 rings (SSSR count). The van der Waals surface area contributed by atoms with Gasteiger partial charge in [-0.2, -0.15) is 5.10 Å². The second-order valence-electron chi connectivity index (χ2n) is 8.20. The molecule has 7 heteroatoms. The van der Waals surface area contributed by atoms with Gasteiger partial charge >= 0.3 is 0 Å². The van der Waals surface area contributed by atoms with Gasteiger partial charge in [0.05, 0.1) is 24.0 Å². The van der Waals surface area contributed by atoms with Crippen molar-refractivity contribution in [1.82, 2.24) is 9.78 Å². The maximum atomic E-state index is 12.6. The van der Waals surface area contributed by atoms with Gasteiger partial charge in [0.25, 0.3) is 5.91 Å². The average Bonchev–Trinajstić information content (AvgIpc) is 3.25. The summed E-state index contributed by atoms with van der Waals surface area (Å²) in [7, 11) is 0. The molecule has 0 aliphatic heterocycles. The number of aromatic nitrogens is 2. The third-order valence-corrected chi connectivity index (χ3v) is 5.13. The maximum Gasteiger partial charge on any atom is 0.255 e. The minimum Gasteiger partial charge on any atom is -0.491 e. The normalized spacial score (nSPS) is 11.0. The summed E-state index contributed by atoms with van der Waals surface area (Å²) in [5.74, 6) is 0.984. The largest absolute Gasteiger partial charge is 0.491 e. The lowest BCUT2D eigenvalue weighted by molar-refractivity contribution is 0.102. The molecule has 0 radical (unpaired) electrons. The Morgan fingerprint density at radius 3 is 2.45 bits per heavy atom. The Morgan fingerprint density at radius 1 is 1.03 bits per heavy atom. The van der Waals surface area contributed by atoms with E-state index in [1.165, 1.54) is 0 Å². The molecule has 0 unspecified atom stereocenters. The van der Waals surface area contributed by atoms with E-state index in [0.29, 0.717) is 22.9 Å². The summed E-state index contributed by atoms with van der Waals surface area (Å²) < 4.78 is 7.22. The van der Waals surface area contributed by atoms with Gasteiger partial charge in [-0.15, -0.1) is 0 Å². The number of carbonyl (C=O) groups excluding carboxylic acids is 1. The van der Waals surface area contributed by atoms with Gasteiger partial charge < -0.3 is 20.5 Å².